The number of methoxy groups -OCH3 is 1. The zero-order valence-corrected chi connectivity index (χ0v) is 21.4. The Morgan fingerprint density at radius 3 is 2.51 bits per heavy atom. The monoisotopic (exact) mass is 498 g/mol. The van der Waals surface area contributed by atoms with Crippen molar-refractivity contribution in [1.82, 2.24) is 9.80 Å². The lowest BCUT2D eigenvalue weighted by Gasteiger charge is -2.27. The molecular formula is C27H31ClN2O5. The number of carbonyl (C=O) groups excluding carboxylic acids is 1. The van der Waals surface area contributed by atoms with E-state index in [4.69, 9.17) is 25.5 Å². The second-order valence-corrected chi connectivity index (χ2v) is 8.88. The lowest BCUT2D eigenvalue weighted by molar-refractivity contribution is 0.0720. The number of fused-ring (bicyclic) bond motifs is 2. The maximum absolute atomic E-state index is 13.7. The number of hydrogen-bond donors (Lipinski definition) is 0. The molecule has 4 rings (SSSR count). The van der Waals surface area contributed by atoms with Gasteiger partial charge < -0.3 is 23.7 Å². The van der Waals surface area contributed by atoms with E-state index in [0.717, 1.165) is 31.6 Å². The molecule has 0 bridgehead atoms. The third-order valence-electron chi connectivity index (χ3n) is 6.50. The standard InChI is InChI=1S/C27H31ClN2O5/c1-5-29(6-2)13-8-14-30-24(17-9-11-21(34-7-3)22(15-17)33-4)23-25(31)19-16-18(28)10-12-20(19)35-26(23)27(30)32/h9-12,15-16,24H,5-8,13-14H2,1-4H3/t24-/m0/s1. The number of ether oxygens (including phenoxy) is 2. The van der Waals surface area contributed by atoms with Crippen LogP contribution in [0.15, 0.2) is 45.6 Å². The molecule has 1 aromatic heterocycles. The molecule has 0 radical (unpaired) electrons. The van der Waals surface area contributed by atoms with Gasteiger partial charge in [-0.15, -0.1) is 0 Å². The molecule has 1 aliphatic rings. The Labute approximate surface area is 210 Å². The van der Waals surface area contributed by atoms with Gasteiger partial charge in [0.05, 0.1) is 30.7 Å². The second kappa shape index (κ2) is 10.7. The summed E-state index contributed by atoms with van der Waals surface area (Å²) in [5, 5.41) is 0.793. The molecule has 7 nitrogen and oxygen atoms in total. The Balaban J connectivity index is 1.83. The molecule has 2 heterocycles. The predicted molar refractivity (Wildman–Crippen MR) is 137 cm³/mol. The Hall–Kier alpha value is -3.03. The minimum Gasteiger partial charge on any atom is -0.493 e. The quantitative estimate of drug-likeness (QED) is 0.386. The molecule has 1 amide bonds. The van der Waals surface area contributed by atoms with Crippen molar-refractivity contribution in [2.24, 2.45) is 0 Å². The highest BCUT2D eigenvalue weighted by molar-refractivity contribution is 6.31. The van der Waals surface area contributed by atoms with Crippen LogP contribution in [0, 0.1) is 0 Å². The van der Waals surface area contributed by atoms with Gasteiger partial charge in [-0.3, -0.25) is 9.59 Å². The largest absolute Gasteiger partial charge is 0.493 e. The molecule has 2 aromatic carbocycles. The van der Waals surface area contributed by atoms with E-state index in [-0.39, 0.29) is 17.1 Å². The third kappa shape index (κ3) is 4.75. The summed E-state index contributed by atoms with van der Waals surface area (Å²) in [5.74, 6) is 0.951. The van der Waals surface area contributed by atoms with Crippen molar-refractivity contribution >= 4 is 28.5 Å². The van der Waals surface area contributed by atoms with Crippen molar-refractivity contribution < 1.29 is 18.7 Å². The van der Waals surface area contributed by atoms with E-state index in [1.54, 1.807) is 30.2 Å². The number of benzene rings is 2. The zero-order valence-electron chi connectivity index (χ0n) is 20.6. The van der Waals surface area contributed by atoms with Crippen molar-refractivity contribution in [2.45, 2.75) is 33.2 Å². The molecule has 1 aliphatic heterocycles. The maximum atomic E-state index is 13.7. The van der Waals surface area contributed by atoms with Gasteiger partial charge in [0.2, 0.25) is 5.76 Å². The van der Waals surface area contributed by atoms with Crippen molar-refractivity contribution in [3.63, 3.8) is 0 Å². The summed E-state index contributed by atoms with van der Waals surface area (Å²) in [6, 6.07) is 9.79. The molecule has 186 valence electrons. The second-order valence-electron chi connectivity index (χ2n) is 8.44. The highest BCUT2D eigenvalue weighted by atomic mass is 35.5. The average Bonchev–Trinajstić information content (AvgIpc) is 3.14. The summed E-state index contributed by atoms with van der Waals surface area (Å²) in [6.07, 6.45) is 0.769. The smallest absolute Gasteiger partial charge is 0.290 e. The third-order valence-corrected chi connectivity index (χ3v) is 6.73. The summed E-state index contributed by atoms with van der Waals surface area (Å²) in [6.45, 7) is 9.85. The van der Waals surface area contributed by atoms with E-state index >= 15 is 0 Å². The molecule has 0 aliphatic carbocycles. The van der Waals surface area contributed by atoms with E-state index in [9.17, 15) is 9.59 Å². The van der Waals surface area contributed by atoms with Gasteiger partial charge in [0, 0.05) is 11.6 Å². The van der Waals surface area contributed by atoms with Gasteiger partial charge >= 0.3 is 0 Å². The Morgan fingerprint density at radius 1 is 1.06 bits per heavy atom. The van der Waals surface area contributed by atoms with Crippen LogP contribution in [0.25, 0.3) is 11.0 Å². The molecule has 0 unspecified atom stereocenters. The van der Waals surface area contributed by atoms with Gasteiger partial charge in [-0.2, -0.15) is 0 Å². The van der Waals surface area contributed by atoms with Crippen LogP contribution in [0.1, 0.15) is 54.9 Å². The number of nitrogens with zero attached hydrogens (tertiary/aromatic N) is 2. The normalized spacial score (nSPS) is 15.2. The van der Waals surface area contributed by atoms with Crippen LogP contribution in [-0.2, 0) is 0 Å². The van der Waals surface area contributed by atoms with Crippen molar-refractivity contribution in [3.05, 3.63) is 68.5 Å². The Morgan fingerprint density at radius 2 is 1.83 bits per heavy atom. The van der Waals surface area contributed by atoms with Crippen LogP contribution in [0.3, 0.4) is 0 Å². The van der Waals surface area contributed by atoms with E-state index < -0.39 is 6.04 Å². The summed E-state index contributed by atoms with van der Waals surface area (Å²) in [5.41, 5.74) is 1.19. The number of amides is 1. The highest BCUT2D eigenvalue weighted by Gasteiger charge is 2.42. The molecule has 0 N–H and O–H groups in total. The first-order chi connectivity index (χ1) is 16.9. The molecule has 0 spiro atoms. The fourth-order valence-electron chi connectivity index (χ4n) is 4.70. The molecule has 3 aromatic rings. The molecule has 8 heteroatoms. The number of halogens is 1. The molecule has 1 atom stereocenters. The summed E-state index contributed by atoms with van der Waals surface area (Å²) < 4.78 is 17.2. The zero-order chi connectivity index (χ0) is 25.1. The van der Waals surface area contributed by atoms with Crippen LogP contribution in [-0.4, -0.2) is 55.6 Å². The van der Waals surface area contributed by atoms with E-state index in [0.29, 0.717) is 46.2 Å². The van der Waals surface area contributed by atoms with Crippen LogP contribution in [0.5, 0.6) is 11.5 Å². The van der Waals surface area contributed by atoms with E-state index in [1.807, 2.05) is 25.1 Å². The molecule has 0 fully saturated rings. The van der Waals surface area contributed by atoms with Gasteiger partial charge in [0.25, 0.3) is 5.91 Å². The summed E-state index contributed by atoms with van der Waals surface area (Å²) >= 11 is 6.17. The lowest BCUT2D eigenvalue weighted by Crippen LogP contribution is -2.33. The highest BCUT2D eigenvalue weighted by Crippen LogP contribution is 2.41. The van der Waals surface area contributed by atoms with E-state index in [1.165, 1.54) is 0 Å². The van der Waals surface area contributed by atoms with Gasteiger partial charge in [-0.1, -0.05) is 31.5 Å². The van der Waals surface area contributed by atoms with Gasteiger partial charge in [-0.05, 0) is 68.9 Å². The minimum absolute atomic E-state index is 0.0884. The fourth-order valence-corrected chi connectivity index (χ4v) is 4.88. The minimum atomic E-state index is -0.599. The van der Waals surface area contributed by atoms with Gasteiger partial charge in [0.15, 0.2) is 16.9 Å². The summed E-state index contributed by atoms with van der Waals surface area (Å²) in [7, 11) is 1.57. The Kier molecular flexibility index (Phi) is 7.67. The SMILES string of the molecule is CCOc1ccc([C@H]2c3c(oc4ccc(Cl)cc4c3=O)C(=O)N2CCCN(CC)CC)cc1OC. The molecule has 0 saturated carbocycles. The molecule has 0 saturated heterocycles. The molecular weight excluding hydrogens is 468 g/mol. The van der Waals surface area contributed by atoms with Crippen LogP contribution in [0.4, 0.5) is 0 Å². The predicted octanol–water partition coefficient (Wildman–Crippen LogP) is 5.13. The summed E-state index contributed by atoms with van der Waals surface area (Å²) in [4.78, 5) is 31.3. The average molecular weight is 499 g/mol. The van der Waals surface area contributed by atoms with E-state index in [2.05, 4.69) is 18.7 Å². The van der Waals surface area contributed by atoms with Crippen LogP contribution in [0.2, 0.25) is 5.02 Å². The molecule has 35 heavy (non-hydrogen) atoms. The van der Waals surface area contributed by atoms with Crippen LogP contribution < -0.4 is 14.9 Å². The number of rotatable bonds is 10. The Bertz CT molecular complexity index is 1280. The first-order valence-corrected chi connectivity index (χ1v) is 12.4. The first-order valence-electron chi connectivity index (χ1n) is 12.0. The topological polar surface area (TPSA) is 72.2 Å². The number of hydrogen-bond acceptors (Lipinski definition) is 6. The van der Waals surface area contributed by atoms with Gasteiger partial charge in [0.1, 0.15) is 5.58 Å². The first kappa shape index (κ1) is 25.1. The van der Waals surface area contributed by atoms with Crippen molar-refractivity contribution in [1.29, 1.82) is 0 Å². The van der Waals surface area contributed by atoms with Gasteiger partial charge in [-0.25, -0.2) is 0 Å². The van der Waals surface area contributed by atoms with Crippen molar-refractivity contribution in [2.75, 3.05) is 39.9 Å². The fraction of sp³-hybridized carbons (Fsp3) is 0.407. The number of carbonyl (C=O) groups is 1. The maximum Gasteiger partial charge on any atom is 0.290 e. The van der Waals surface area contributed by atoms with Crippen molar-refractivity contribution in [3.8, 4) is 11.5 Å². The van der Waals surface area contributed by atoms with Crippen LogP contribution >= 0.6 is 11.6 Å². The lowest BCUT2D eigenvalue weighted by atomic mass is 9.98.